The third kappa shape index (κ3) is 65.3. The van der Waals surface area contributed by atoms with Crippen molar-refractivity contribution in [1.82, 2.24) is 47.9 Å². The van der Waals surface area contributed by atoms with Gasteiger partial charge in [0.15, 0.2) is 29.3 Å². The molecular formula is C105H175N17O22S4. The van der Waals surface area contributed by atoms with Gasteiger partial charge in [0.05, 0.1) is 112 Å². The van der Waals surface area contributed by atoms with E-state index in [-0.39, 0.29) is 249 Å². The lowest BCUT2D eigenvalue weighted by atomic mass is 9.87. The van der Waals surface area contributed by atoms with Gasteiger partial charge in [-0.05, 0) is 212 Å². The summed E-state index contributed by atoms with van der Waals surface area (Å²) in [6, 6.07) is 8.64. The molecule has 39 nitrogen and oxygen atoms in total. The maximum Gasteiger partial charge on any atom is 0.234 e. The summed E-state index contributed by atoms with van der Waals surface area (Å²) in [6.45, 7) is 12.6. The molecule has 0 saturated carbocycles. The molecule has 0 radical (unpaired) electrons. The molecule has 0 bridgehead atoms. The number of benzene rings is 2. The summed E-state index contributed by atoms with van der Waals surface area (Å²) in [7, 11) is 0. The molecule has 2 heterocycles. The summed E-state index contributed by atoms with van der Waals surface area (Å²) in [5.74, 6) is -2.32. The number of nitrogens with zero attached hydrogens (tertiary/aromatic N) is 2. The zero-order valence-corrected chi connectivity index (χ0v) is 91.7. The lowest BCUT2D eigenvalue weighted by Crippen LogP contribution is -2.46. The summed E-state index contributed by atoms with van der Waals surface area (Å²) in [5, 5.41) is 46.9. The van der Waals surface area contributed by atoms with Gasteiger partial charge in [-0.15, -0.1) is 0 Å². The lowest BCUT2D eigenvalue weighted by Gasteiger charge is -2.25. The fraction of sp³-hybridized carbons (Fsp3) is 0.714. The highest BCUT2D eigenvalue weighted by Gasteiger charge is 2.34. The number of aromatic hydroxyl groups is 2. The van der Waals surface area contributed by atoms with Crippen LogP contribution < -0.4 is 82.3 Å². The highest BCUT2D eigenvalue weighted by atomic mass is 32.2. The van der Waals surface area contributed by atoms with Crippen molar-refractivity contribution in [2.45, 2.75) is 282 Å². The Hall–Kier alpha value is -9.02. The molecule has 4 rings (SSSR count). The summed E-state index contributed by atoms with van der Waals surface area (Å²) in [6.07, 6.45) is 17.5. The molecular weight excluding hydrogens is 1980 g/mol. The monoisotopic (exact) mass is 2150 g/mol. The molecule has 2 saturated heterocycles. The second-order valence-corrected chi connectivity index (χ2v) is 42.0. The van der Waals surface area contributed by atoms with E-state index in [1.54, 1.807) is 24.3 Å². The molecule has 2 aromatic carbocycles. The van der Waals surface area contributed by atoms with E-state index in [0.29, 0.717) is 244 Å². The number of ether oxygens (including phenoxy) is 4. The minimum Gasteiger partial charge on any atom is -0.508 e. The molecule has 12 atom stereocenters. The number of nitrogens with one attached hydrogen (secondary N) is 9. The maximum absolute atomic E-state index is 14.2. The number of thioether (sulfide) groups is 4. The van der Waals surface area contributed by atoms with Crippen LogP contribution >= 0.6 is 47.0 Å². The van der Waals surface area contributed by atoms with E-state index in [9.17, 15) is 86.9 Å². The van der Waals surface area contributed by atoms with E-state index >= 15 is 0 Å². The Balaban J connectivity index is 0.000000760. The third-order valence-corrected chi connectivity index (χ3v) is 29.3. The number of amides is 7. The molecule has 2 aromatic rings. The first kappa shape index (κ1) is 133. The Morgan fingerprint density at radius 3 is 1.32 bits per heavy atom. The lowest BCUT2D eigenvalue weighted by molar-refractivity contribution is -0.130. The van der Waals surface area contributed by atoms with Crippen molar-refractivity contribution in [3.8, 4) is 11.5 Å². The zero-order chi connectivity index (χ0) is 109. The Kier molecular flexibility index (Phi) is 74.4. The van der Waals surface area contributed by atoms with Crippen LogP contribution in [-0.2, 0) is 109 Å². The largest absolute Gasteiger partial charge is 0.508 e. The van der Waals surface area contributed by atoms with E-state index in [1.165, 1.54) is 71.3 Å². The number of nitrogens with two attached hydrogens (primary N) is 6. The molecule has 2 fully saturated rings. The van der Waals surface area contributed by atoms with Crippen molar-refractivity contribution in [1.29, 1.82) is 0 Å². The first-order valence-electron chi connectivity index (χ1n) is 52.8. The minimum absolute atomic E-state index is 0.00714. The highest BCUT2D eigenvalue weighted by Crippen LogP contribution is 2.26. The number of carbonyl (C=O) groups is 16. The Morgan fingerprint density at radius 2 is 0.892 bits per heavy atom. The van der Waals surface area contributed by atoms with Crippen LogP contribution in [0.5, 0.6) is 11.5 Å². The van der Waals surface area contributed by atoms with Crippen molar-refractivity contribution < 1.29 is 106 Å². The fourth-order valence-electron chi connectivity index (χ4n) is 16.7. The van der Waals surface area contributed by atoms with Crippen molar-refractivity contribution in [2.24, 2.45) is 79.9 Å². The number of guanidine groups is 2. The van der Waals surface area contributed by atoms with Crippen LogP contribution in [0, 0.1) is 35.5 Å². The average molecular weight is 2160 g/mol. The van der Waals surface area contributed by atoms with E-state index in [1.807, 2.05) is 40.2 Å². The van der Waals surface area contributed by atoms with Gasteiger partial charge in [-0.1, -0.05) is 77.6 Å². The molecule has 43 heteroatoms. The second-order valence-electron chi connectivity index (χ2n) is 38.2. The van der Waals surface area contributed by atoms with Gasteiger partial charge >= 0.3 is 0 Å². The molecule has 836 valence electrons. The number of ketones is 9. The number of aliphatic imine (C=N–C) groups is 2. The van der Waals surface area contributed by atoms with E-state index in [2.05, 4.69) is 57.8 Å². The third-order valence-electron chi connectivity index (χ3n) is 25.9. The topological polar surface area (TPSA) is 640 Å². The number of Topliss-reactive ketones (excluding diaryl/α,β-unsaturated/α-hetero) is 9. The highest BCUT2D eigenvalue weighted by molar-refractivity contribution is 8.00. The molecule has 0 aliphatic carbocycles. The first-order valence-corrected chi connectivity index (χ1v) is 57.9. The molecule has 0 aromatic heterocycles. The molecule has 0 spiro atoms. The summed E-state index contributed by atoms with van der Waals surface area (Å²) >= 11 is 5.67. The molecule has 2 aliphatic rings. The molecule has 7 amide bonds. The van der Waals surface area contributed by atoms with Gasteiger partial charge in [0.2, 0.25) is 41.4 Å². The van der Waals surface area contributed by atoms with Gasteiger partial charge in [0, 0.05) is 134 Å². The number of primary amides is 2. The Labute approximate surface area is 892 Å². The summed E-state index contributed by atoms with van der Waals surface area (Å²) < 4.78 is 22.1. The molecule has 23 N–H and O–H groups in total. The standard InChI is InChI=1S/C53H88N8O11S2.C52H87N9O11S2/c1-4-37(2)51-47(66)23-19-40(12-7-8-25-57-49(68)24-28-72-30-29-71-27-10-14-42(63)34-73-3)48(67)33-60-45(36-74-35-43(64)13-5-6-15-50(69)61-51)46(65)22-18-39(11-9-26-58-53(55)56)32-59-44(52(54)70)31-38-16-20-41(62)21-17-38;1-4-36(2)50-45(65)19-15-39(10-5-6-23-56-47(67)21-27-72-29-28-71-26-8-11-41(63)34-73-3)46(66)33-60-42(22-30-74-35-49(69)57-25-20-48(68)61-50)44(64)18-14-38(9-7-24-58-52(54)55)32-59-43(51(53)70)31-37-12-16-40(62)17-13-37/h16-17,20-21,37,39-40,44-45,51,59-60,62H,4-15,18-19,22-36H2,1-3H3,(H2,54,70)(H,57,68)(H,61,69)(H4,55,56,58);12-13,16-17,36,38-39,42-43,50,59-60,62H,4-11,14-15,18-35H2,1-3H3,(H2,53,70)(H,56,67)(H,57,69)(H,61,68)(H4,54,55,58)/t37-,39+,40+,44-,45-,51-;36-,38+,39+,42-,43-,50-/m00/s1. The van der Waals surface area contributed by atoms with Crippen LogP contribution in [0.4, 0.5) is 0 Å². The van der Waals surface area contributed by atoms with Crippen LogP contribution in [0.3, 0.4) is 0 Å². The fourth-order valence-corrected chi connectivity index (χ4v) is 19.5. The SMILES string of the molecule is CC[C@H](C)[C@@H]1NC(=O)CCCCC(=O)CSC[C@@H](C(=O)CC[C@@H](CCCN=C(N)N)CN[C@@H](Cc2ccc(O)cc2)C(N)=O)NCC(=O)[C@H](CCCCNC(=O)CCOCCOCCCC(=O)CSC)CCC1=O.CC[C@H](C)[C@@H]1NC(=O)CCNC(=O)CSCC[C@@H](C(=O)CC[C@@H](CCCN=C(N)N)CN[C@@H](Cc2ccc(O)cc2)C(N)=O)NCC(=O)[C@H](CCCCNC(=O)CCOCCOCCCC(=O)CSC)CCC1=O. The van der Waals surface area contributed by atoms with Gasteiger partial charge in [0.25, 0.3) is 0 Å². The molecule has 2 aliphatic heterocycles. The van der Waals surface area contributed by atoms with E-state index in [0.717, 1.165) is 11.1 Å². The van der Waals surface area contributed by atoms with E-state index < -0.39 is 59.9 Å². The molecule has 148 heavy (non-hydrogen) atoms. The summed E-state index contributed by atoms with van der Waals surface area (Å²) in [5.41, 5.74) is 35.4. The molecule has 0 unspecified atom stereocenters. The number of unbranched alkanes of at least 4 members (excludes halogenated alkanes) is 2. The second kappa shape index (κ2) is 82.7. The Bertz CT molecular complexity index is 4310. The van der Waals surface area contributed by atoms with Crippen molar-refractivity contribution in [3.63, 3.8) is 0 Å². The van der Waals surface area contributed by atoms with Crippen LogP contribution in [-0.4, -0.2) is 311 Å². The van der Waals surface area contributed by atoms with Gasteiger partial charge in [0.1, 0.15) is 46.2 Å². The first-order chi connectivity index (χ1) is 71.0. The number of phenols is 2. The van der Waals surface area contributed by atoms with Gasteiger partial charge in [-0.3, -0.25) is 92.0 Å². The minimum atomic E-state index is -0.765. The number of carbonyl (C=O) groups excluding carboxylic acids is 16. The normalized spacial score (nSPS) is 18.9. The maximum atomic E-state index is 14.2. The van der Waals surface area contributed by atoms with Crippen molar-refractivity contribution >= 4 is 152 Å². The van der Waals surface area contributed by atoms with E-state index in [4.69, 9.17) is 53.3 Å². The number of phenolic OH excluding ortho intramolecular Hbond substituents is 2. The van der Waals surface area contributed by atoms with Crippen molar-refractivity contribution in [3.05, 3.63) is 59.7 Å². The van der Waals surface area contributed by atoms with Crippen LogP contribution in [0.15, 0.2) is 58.5 Å². The number of hydrogen-bond donors (Lipinski definition) is 17. The predicted molar refractivity (Wildman–Crippen MR) is 585 cm³/mol. The Morgan fingerprint density at radius 1 is 0.466 bits per heavy atom. The quantitative estimate of drug-likeness (QED) is 0.0199. The van der Waals surface area contributed by atoms with Crippen LogP contribution in [0.25, 0.3) is 0 Å². The van der Waals surface area contributed by atoms with Gasteiger partial charge in [-0.25, -0.2) is 0 Å². The van der Waals surface area contributed by atoms with Gasteiger partial charge in [-0.2, -0.15) is 47.0 Å². The zero-order valence-electron chi connectivity index (χ0n) is 88.4. The van der Waals surface area contributed by atoms with Crippen LogP contribution in [0.1, 0.15) is 244 Å². The average Bonchev–Trinajstić information content (AvgIpc) is 1.06. The summed E-state index contributed by atoms with van der Waals surface area (Å²) in [4.78, 5) is 218. The van der Waals surface area contributed by atoms with Crippen molar-refractivity contribution in [2.75, 3.05) is 159 Å². The predicted octanol–water partition coefficient (Wildman–Crippen LogP) is 6.21. The van der Waals surface area contributed by atoms with Gasteiger partial charge < -0.3 is 106 Å². The number of rotatable bonds is 66. The smallest absolute Gasteiger partial charge is 0.234 e. The number of hydrogen-bond acceptors (Lipinski definition) is 32. The van der Waals surface area contributed by atoms with Crippen LogP contribution in [0.2, 0.25) is 0 Å².